The normalized spacial score (nSPS) is 31.8. The smallest absolute Gasteiger partial charge is 0.0794 e. The van der Waals surface area contributed by atoms with E-state index in [1.807, 2.05) is 11.7 Å². The standard InChI is InChI=1S/C12H19N3S/c1-10-6-14-4-2-3-11(14)7-15(10)8-12-5-13-9-16-12/h5,9-11H,2-4,6-8H2,1H3. The average Bonchev–Trinajstić information content (AvgIpc) is 2.89. The third kappa shape index (κ3) is 2.01. The SMILES string of the molecule is CC1CN2CCCC2CN1Cc1cncs1. The van der Waals surface area contributed by atoms with E-state index in [0.29, 0.717) is 6.04 Å². The lowest BCUT2D eigenvalue weighted by molar-refractivity contribution is 0.0547. The van der Waals surface area contributed by atoms with Crippen molar-refractivity contribution in [1.29, 1.82) is 0 Å². The Morgan fingerprint density at radius 3 is 3.25 bits per heavy atom. The number of nitrogens with zero attached hydrogens (tertiary/aromatic N) is 3. The molecule has 16 heavy (non-hydrogen) atoms. The molecule has 3 rings (SSSR count). The molecule has 0 aliphatic carbocycles. The summed E-state index contributed by atoms with van der Waals surface area (Å²) in [6.45, 7) is 7.28. The van der Waals surface area contributed by atoms with Gasteiger partial charge >= 0.3 is 0 Å². The Kier molecular flexibility index (Phi) is 2.96. The van der Waals surface area contributed by atoms with E-state index in [9.17, 15) is 0 Å². The van der Waals surface area contributed by atoms with Crippen molar-refractivity contribution in [3.63, 3.8) is 0 Å². The van der Waals surface area contributed by atoms with Gasteiger partial charge in [-0.15, -0.1) is 11.3 Å². The predicted molar refractivity (Wildman–Crippen MR) is 66.6 cm³/mol. The molecule has 4 heteroatoms. The molecule has 2 aliphatic rings. The van der Waals surface area contributed by atoms with Crippen LogP contribution in [0.4, 0.5) is 0 Å². The molecule has 2 fully saturated rings. The Labute approximate surface area is 101 Å². The molecule has 0 bridgehead atoms. The van der Waals surface area contributed by atoms with E-state index < -0.39 is 0 Å². The van der Waals surface area contributed by atoms with Gasteiger partial charge in [-0.1, -0.05) is 0 Å². The van der Waals surface area contributed by atoms with Crippen LogP contribution in [0.2, 0.25) is 0 Å². The molecule has 1 aromatic rings. The zero-order valence-corrected chi connectivity index (χ0v) is 10.6. The van der Waals surface area contributed by atoms with E-state index in [1.165, 1.54) is 37.4 Å². The second-order valence-corrected chi connectivity index (χ2v) is 6.01. The first kappa shape index (κ1) is 10.7. The largest absolute Gasteiger partial charge is 0.298 e. The monoisotopic (exact) mass is 237 g/mol. The van der Waals surface area contributed by atoms with E-state index in [-0.39, 0.29) is 0 Å². The number of hydrogen-bond acceptors (Lipinski definition) is 4. The fraction of sp³-hybridized carbons (Fsp3) is 0.750. The Hall–Kier alpha value is -0.450. The number of piperazine rings is 1. The molecular weight excluding hydrogens is 218 g/mol. The van der Waals surface area contributed by atoms with Crippen LogP contribution in [0, 0.1) is 0 Å². The number of fused-ring (bicyclic) bond motifs is 1. The lowest BCUT2D eigenvalue weighted by Gasteiger charge is -2.42. The van der Waals surface area contributed by atoms with Gasteiger partial charge in [0, 0.05) is 42.8 Å². The fourth-order valence-corrected chi connectivity index (χ4v) is 3.61. The summed E-state index contributed by atoms with van der Waals surface area (Å²) in [5, 5.41) is 0. The first-order chi connectivity index (χ1) is 7.83. The maximum atomic E-state index is 4.16. The van der Waals surface area contributed by atoms with Crippen molar-refractivity contribution in [1.82, 2.24) is 14.8 Å². The van der Waals surface area contributed by atoms with Crippen LogP contribution < -0.4 is 0 Å². The minimum Gasteiger partial charge on any atom is -0.298 e. The van der Waals surface area contributed by atoms with Gasteiger partial charge in [-0.2, -0.15) is 0 Å². The molecule has 0 aromatic carbocycles. The zero-order valence-electron chi connectivity index (χ0n) is 9.80. The van der Waals surface area contributed by atoms with Crippen molar-refractivity contribution in [2.45, 2.75) is 38.4 Å². The van der Waals surface area contributed by atoms with Gasteiger partial charge in [0.25, 0.3) is 0 Å². The Morgan fingerprint density at radius 1 is 1.50 bits per heavy atom. The molecule has 3 nitrogen and oxygen atoms in total. The first-order valence-corrected chi connectivity index (χ1v) is 7.06. The summed E-state index contributed by atoms with van der Waals surface area (Å²) < 4.78 is 0. The van der Waals surface area contributed by atoms with E-state index in [2.05, 4.69) is 21.7 Å². The summed E-state index contributed by atoms with van der Waals surface area (Å²) >= 11 is 1.78. The van der Waals surface area contributed by atoms with E-state index in [0.717, 1.165) is 12.6 Å². The molecule has 0 radical (unpaired) electrons. The summed E-state index contributed by atoms with van der Waals surface area (Å²) in [4.78, 5) is 10.9. The molecule has 88 valence electrons. The summed E-state index contributed by atoms with van der Waals surface area (Å²) in [5.74, 6) is 0. The summed E-state index contributed by atoms with van der Waals surface area (Å²) in [6.07, 6.45) is 4.80. The molecular formula is C12H19N3S. The Morgan fingerprint density at radius 2 is 2.44 bits per heavy atom. The van der Waals surface area contributed by atoms with Crippen LogP contribution in [0.25, 0.3) is 0 Å². The lowest BCUT2D eigenvalue weighted by atomic mass is 10.1. The van der Waals surface area contributed by atoms with E-state index >= 15 is 0 Å². The zero-order chi connectivity index (χ0) is 11.0. The highest BCUT2D eigenvalue weighted by molar-refractivity contribution is 7.09. The molecule has 0 amide bonds. The predicted octanol–water partition coefficient (Wildman–Crippen LogP) is 1.81. The molecule has 2 unspecified atom stereocenters. The molecule has 1 aromatic heterocycles. The van der Waals surface area contributed by atoms with Crippen molar-refractivity contribution in [3.8, 4) is 0 Å². The molecule has 2 aliphatic heterocycles. The van der Waals surface area contributed by atoms with Crippen LogP contribution in [0.15, 0.2) is 11.7 Å². The van der Waals surface area contributed by atoms with Crippen molar-refractivity contribution < 1.29 is 0 Å². The van der Waals surface area contributed by atoms with Crippen LogP contribution in [-0.2, 0) is 6.54 Å². The topological polar surface area (TPSA) is 19.4 Å². The molecule has 2 saturated heterocycles. The van der Waals surface area contributed by atoms with Crippen molar-refractivity contribution in [3.05, 3.63) is 16.6 Å². The summed E-state index contributed by atoms with van der Waals surface area (Å²) in [6, 6.07) is 1.51. The van der Waals surface area contributed by atoms with Gasteiger partial charge in [0.05, 0.1) is 5.51 Å². The summed E-state index contributed by atoms with van der Waals surface area (Å²) in [5.41, 5.74) is 1.94. The van der Waals surface area contributed by atoms with Gasteiger partial charge in [-0.3, -0.25) is 14.8 Å². The van der Waals surface area contributed by atoms with Crippen LogP contribution in [0.5, 0.6) is 0 Å². The highest BCUT2D eigenvalue weighted by Crippen LogP contribution is 2.26. The fourth-order valence-electron chi connectivity index (χ4n) is 2.99. The van der Waals surface area contributed by atoms with Gasteiger partial charge in [-0.25, -0.2) is 0 Å². The quantitative estimate of drug-likeness (QED) is 0.782. The van der Waals surface area contributed by atoms with E-state index in [1.54, 1.807) is 11.3 Å². The summed E-state index contributed by atoms with van der Waals surface area (Å²) in [7, 11) is 0. The maximum absolute atomic E-state index is 4.16. The van der Waals surface area contributed by atoms with Crippen LogP contribution >= 0.6 is 11.3 Å². The Bertz CT molecular complexity index is 338. The minimum absolute atomic E-state index is 0.691. The van der Waals surface area contributed by atoms with Gasteiger partial charge in [0.2, 0.25) is 0 Å². The van der Waals surface area contributed by atoms with Crippen molar-refractivity contribution in [2.24, 2.45) is 0 Å². The highest BCUT2D eigenvalue weighted by Gasteiger charge is 2.34. The second kappa shape index (κ2) is 4.43. The van der Waals surface area contributed by atoms with E-state index in [4.69, 9.17) is 0 Å². The third-order valence-corrected chi connectivity index (χ3v) is 4.67. The number of aromatic nitrogens is 1. The van der Waals surface area contributed by atoms with Crippen molar-refractivity contribution in [2.75, 3.05) is 19.6 Å². The minimum atomic E-state index is 0.691. The molecule has 3 heterocycles. The molecule has 0 N–H and O–H groups in total. The van der Waals surface area contributed by atoms with Gasteiger partial charge in [-0.05, 0) is 26.3 Å². The number of hydrogen-bond donors (Lipinski definition) is 0. The first-order valence-electron chi connectivity index (χ1n) is 6.18. The maximum Gasteiger partial charge on any atom is 0.0794 e. The number of rotatable bonds is 2. The second-order valence-electron chi connectivity index (χ2n) is 5.04. The van der Waals surface area contributed by atoms with Gasteiger partial charge < -0.3 is 0 Å². The van der Waals surface area contributed by atoms with Crippen molar-refractivity contribution >= 4 is 11.3 Å². The van der Waals surface area contributed by atoms with Crippen LogP contribution in [0.3, 0.4) is 0 Å². The lowest BCUT2D eigenvalue weighted by Crippen LogP contribution is -2.54. The van der Waals surface area contributed by atoms with Crippen LogP contribution in [-0.4, -0.2) is 46.5 Å². The van der Waals surface area contributed by atoms with Gasteiger partial charge in [0.1, 0.15) is 0 Å². The highest BCUT2D eigenvalue weighted by atomic mass is 32.1. The molecule has 2 atom stereocenters. The molecule has 0 saturated carbocycles. The van der Waals surface area contributed by atoms with Gasteiger partial charge in [0.15, 0.2) is 0 Å². The molecule has 0 spiro atoms. The van der Waals surface area contributed by atoms with Crippen LogP contribution in [0.1, 0.15) is 24.6 Å². The average molecular weight is 237 g/mol. The number of thiazole rings is 1. The third-order valence-electron chi connectivity index (χ3n) is 3.91. The Balaban J connectivity index is 1.66.